The van der Waals surface area contributed by atoms with E-state index in [4.69, 9.17) is 4.74 Å². The number of fused-ring (bicyclic) bond motifs is 1. The number of rotatable bonds is 3. The summed E-state index contributed by atoms with van der Waals surface area (Å²) < 4.78 is 7.08. The average Bonchev–Trinajstić information content (AvgIpc) is 2.99. The molecule has 0 saturated carbocycles. The van der Waals surface area contributed by atoms with Crippen LogP contribution in [-0.2, 0) is 4.74 Å². The summed E-state index contributed by atoms with van der Waals surface area (Å²) in [5.41, 5.74) is -0.565. The van der Waals surface area contributed by atoms with Gasteiger partial charge in [-0.1, -0.05) is 0 Å². The highest BCUT2D eigenvalue weighted by Crippen LogP contribution is 2.38. The van der Waals surface area contributed by atoms with Gasteiger partial charge < -0.3 is 25.4 Å². The molecule has 1 fully saturated rings. The third kappa shape index (κ3) is 1.97. The predicted octanol–water partition coefficient (Wildman–Crippen LogP) is -1.13. The Morgan fingerprint density at radius 1 is 1.43 bits per heavy atom. The van der Waals surface area contributed by atoms with E-state index in [9.17, 15) is 15.3 Å². The number of aromatic nitrogens is 4. The van der Waals surface area contributed by atoms with Crippen LogP contribution in [-0.4, -0.2) is 66.3 Å². The fraction of sp³-hybridized carbons (Fsp3) is 0.583. The van der Waals surface area contributed by atoms with Crippen molar-refractivity contribution in [2.75, 3.05) is 19.0 Å². The van der Waals surface area contributed by atoms with Gasteiger partial charge in [0.2, 0.25) is 0 Å². The molecule has 1 saturated heterocycles. The molecule has 114 valence electrons. The van der Waals surface area contributed by atoms with Gasteiger partial charge in [-0.3, -0.25) is 4.57 Å². The minimum atomic E-state index is -1.56. The summed E-state index contributed by atoms with van der Waals surface area (Å²) in [6, 6.07) is 0. The van der Waals surface area contributed by atoms with Crippen molar-refractivity contribution in [2.24, 2.45) is 0 Å². The van der Waals surface area contributed by atoms with Gasteiger partial charge >= 0.3 is 0 Å². The van der Waals surface area contributed by atoms with E-state index >= 15 is 0 Å². The van der Waals surface area contributed by atoms with Crippen molar-refractivity contribution >= 4 is 17.0 Å². The molecule has 9 nitrogen and oxygen atoms in total. The summed E-state index contributed by atoms with van der Waals surface area (Å²) in [7, 11) is 1.72. The summed E-state index contributed by atoms with van der Waals surface area (Å²) in [6.45, 7) is 1.02. The molecule has 0 spiro atoms. The van der Waals surface area contributed by atoms with Gasteiger partial charge in [0.25, 0.3) is 0 Å². The van der Waals surface area contributed by atoms with Crippen LogP contribution in [0.5, 0.6) is 0 Å². The second-order valence-corrected chi connectivity index (χ2v) is 5.16. The maximum Gasteiger partial charge on any atom is 0.167 e. The molecule has 4 atom stereocenters. The van der Waals surface area contributed by atoms with Crippen LogP contribution < -0.4 is 5.32 Å². The monoisotopic (exact) mass is 295 g/mol. The zero-order valence-corrected chi connectivity index (χ0v) is 11.6. The number of anilines is 1. The van der Waals surface area contributed by atoms with Crippen LogP contribution in [0, 0.1) is 0 Å². The zero-order valence-electron chi connectivity index (χ0n) is 11.6. The van der Waals surface area contributed by atoms with E-state index in [0.717, 1.165) is 0 Å². The first kappa shape index (κ1) is 14.1. The quantitative estimate of drug-likeness (QED) is 0.560. The summed E-state index contributed by atoms with van der Waals surface area (Å²) in [4.78, 5) is 12.4. The normalized spacial score (nSPS) is 32.7. The lowest BCUT2D eigenvalue weighted by molar-refractivity contribution is -0.0804. The third-order valence-corrected chi connectivity index (χ3v) is 3.86. The molecule has 1 aliphatic rings. The Hall–Kier alpha value is -1.81. The van der Waals surface area contributed by atoms with Gasteiger partial charge in [0.1, 0.15) is 29.7 Å². The highest BCUT2D eigenvalue weighted by atomic mass is 16.6. The molecule has 0 aliphatic carbocycles. The van der Waals surface area contributed by atoms with E-state index in [0.29, 0.717) is 17.0 Å². The Balaban J connectivity index is 2.06. The number of nitrogens with one attached hydrogen (secondary N) is 1. The molecule has 3 heterocycles. The molecule has 0 radical (unpaired) electrons. The van der Waals surface area contributed by atoms with Gasteiger partial charge in [-0.05, 0) is 6.92 Å². The summed E-state index contributed by atoms with van der Waals surface area (Å²) >= 11 is 0. The van der Waals surface area contributed by atoms with Crippen LogP contribution >= 0.6 is 0 Å². The molecule has 2 aromatic heterocycles. The molecule has 1 aliphatic heterocycles. The van der Waals surface area contributed by atoms with Crippen LogP contribution in [0.25, 0.3) is 11.2 Å². The first-order chi connectivity index (χ1) is 10.0. The lowest BCUT2D eigenvalue weighted by Crippen LogP contribution is -2.46. The third-order valence-electron chi connectivity index (χ3n) is 3.86. The number of imidazole rings is 1. The number of ether oxygens (including phenoxy) is 1. The zero-order chi connectivity index (χ0) is 15.2. The molecule has 2 aromatic rings. The molecule has 9 heteroatoms. The Kier molecular flexibility index (Phi) is 3.29. The maximum atomic E-state index is 10.3. The van der Waals surface area contributed by atoms with Gasteiger partial charge in [-0.15, -0.1) is 0 Å². The van der Waals surface area contributed by atoms with E-state index in [-0.39, 0.29) is 0 Å². The van der Waals surface area contributed by atoms with E-state index in [1.165, 1.54) is 24.1 Å². The van der Waals surface area contributed by atoms with E-state index in [1.54, 1.807) is 7.05 Å². The number of nitrogens with zero attached hydrogens (tertiary/aromatic N) is 4. The Morgan fingerprint density at radius 3 is 2.81 bits per heavy atom. The molecule has 3 rings (SSSR count). The fourth-order valence-corrected chi connectivity index (χ4v) is 2.53. The van der Waals surface area contributed by atoms with Crippen LogP contribution in [0.3, 0.4) is 0 Å². The fourth-order valence-electron chi connectivity index (χ4n) is 2.53. The Labute approximate surface area is 120 Å². The van der Waals surface area contributed by atoms with Crippen molar-refractivity contribution in [1.82, 2.24) is 19.5 Å². The van der Waals surface area contributed by atoms with Gasteiger partial charge in [0.15, 0.2) is 17.7 Å². The minimum Gasteiger partial charge on any atom is -0.394 e. The van der Waals surface area contributed by atoms with Crippen molar-refractivity contribution in [2.45, 2.75) is 31.0 Å². The molecule has 21 heavy (non-hydrogen) atoms. The molecule has 4 N–H and O–H groups in total. The lowest BCUT2D eigenvalue weighted by Gasteiger charge is -2.25. The van der Waals surface area contributed by atoms with Gasteiger partial charge in [-0.2, -0.15) is 0 Å². The minimum absolute atomic E-state index is 0.399. The maximum absolute atomic E-state index is 10.3. The highest BCUT2D eigenvalue weighted by Gasteiger charge is 2.52. The number of aliphatic hydroxyl groups is 3. The van der Waals surface area contributed by atoms with Gasteiger partial charge in [0.05, 0.1) is 12.9 Å². The lowest BCUT2D eigenvalue weighted by atomic mass is 9.95. The highest BCUT2D eigenvalue weighted by molar-refractivity contribution is 5.82. The first-order valence-corrected chi connectivity index (χ1v) is 6.52. The molecule has 0 aromatic carbocycles. The number of hydrogen-bond acceptors (Lipinski definition) is 8. The van der Waals surface area contributed by atoms with Crippen molar-refractivity contribution in [3.8, 4) is 0 Å². The van der Waals surface area contributed by atoms with Gasteiger partial charge in [0, 0.05) is 7.05 Å². The van der Waals surface area contributed by atoms with Crippen molar-refractivity contribution in [1.29, 1.82) is 0 Å². The molecule has 0 bridgehead atoms. The Bertz CT molecular complexity index is 658. The predicted molar refractivity (Wildman–Crippen MR) is 72.5 cm³/mol. The topological polar surface area (TPSA) is 126 Å². The summed E-state index contributed by atoms with van der Waals surface area (Å²) in [5.74, 6) is 0.553. The van der Waals surface area contributed by atoms with Crippen molar-refractivity contribution in [3.05, 3.63) is 12.7 Å². The summed E-state index contributed by atoms with van der Waals surface area (Å²) in [5, 5.41) is 32.7. The first-order valence-electron chi connectivity index (χ1n) is 6.52. The van der Waals surface area contributed by atoms with E-state index in [1.807, 2.05) is 0 Å². The Morgan fingerprint density at radius 2 is 2.19 bits per heavy atom. The van der Waals surface area contributed by atoms with E-state index < -0.39 is 30.6 Å². The molecule has 1 unspecified atom stereocenters. The SMILES string of the molecule is CNc1ncnc2c1ncn2[C@@H]1O[C@H](CO)C(C)(O)[C@@H]1O. The van der Waals surface area contributed by atoms with Crippen LogP contribution in [0.2, 0.25) is 0 Å². The number of aliphatic hydroxyl groups excluding tert-OH is 2. The largest absolute Gasteiger partial charge is 0.394 e. The van der Waals surface area contributed by atoms with Crippen molar-refractivity contribution in [3.63, 3.8) is 0 Å². The second kappa shape index (κ2) is 4.88. The standard InChI is InChI=1S/C12H17N5O4/c1-12(20)6(3-18)21-11(8(12)19)17-5-16-7-9(13-2)14-4-15-10(7)17/h4-6,8,11,18-20H,3H2,1-2H3,(H,13,14,15)/t6-,8-,11-,12?/m1/s1. The summed E-state index contributed by atoms with van der Waals surface area (Å²) in [6.07, 6.45) is -0.165. The molecular formula is C12H17N5O4. The van der Waals surface area contributed by atoms with Crippen LogP contribution in [0.1, 0.15) is 13.2 Å². The van der Waals surface area contributed by atoms with E-state index in [2.05, 4.69) is 20.3 Å². The van der Waals surface area contributed by atoms with Crippen LogP contribution in [0.4, 0.5) is 5.82 Å². The average molecular weight is 295 g/mol. The van der Waals surface area contributed by atoms with Gasteiger partial charge in [-0.25, -0.2) is 15.0 Å². The van der Waals surface area contributed by atoms with Crippen molar-refractivity contribution < 1.29 is 20.1 Å². The second-order valence-electron chi connectivity index (χ2n) is 5.16. The number of hydrogen-bond donors (Lipinski definition) is 4. The smallest absolute Gasteiger partial charge is 0.167 e. The molecule has 0 amide bonds. The van der Waals surface area contributed by atoms with Crippen LogP contribution in [0.15, 0.2) is 12.7 Å². The molecular weight excluding hydrogens is 278 g/mol.